The number of nitrogens with zero attached hydrogens (tertiary/aromatic N) is 1. The molecule has 1 aliphatic rings. The van der Waals surface area contributed by atoms with Crippen LogP contribution in [-0.2, 0) is 19.6 Å². The van der Waals surface area contributed by atoms with Crippen LogP contribution in [0, 0.1) is 5.92 Å². The zero-order valence-corrected chi connectivity index (χ0v) is 20.0. The lowest BCUT2D eigenvalue weighted by Gasteiger charge is -2.31. The normalized spacial score (nSPS) is 15.0. The van der Waals surface area contributed by atoms with Crippen LogP contribution in [0.25, 0.3) is 0 Å². The van der Waals surface area contributed by atoms with Crippen molar-refractivity contribution in [2.75, 3.05) is 39.7 Å². The molecule has 1 aliphatic heterocycles. The van der Waals surface area contributed by atoms with Crippen LogP contribution in [0.4, 0.5) is 5.69 Å². The Morgan fingerprint density at radius 2 is 1.67 bits per heavy atom. The summed E-state index contributed by atoms with van der Waals surface area (Å²) >= 11 is 6.11. The Balaban J connectivity index is 1.72. The SMILES string of the molecule is COC(=O)c1ccccc1S(=O)(=O)N1CCC(C(=O)Nc2cc(OC)c(Cl)cc2OC)CC1. The van der Waals surface area contributed by atoms with Gasteiger partial charge in [-0.05, 0) is 25.0 Å². The van der Waals surface area contributed by atoms with Crippen molar-refractivity contribution in [1.82, 2.24) is 4.31 Å². The Hall–Kier alpha value is -2.82. The number of methoxy groups -OCH3 is 3. The van der Waals surface area contributed by atoms with Crippen molar-refractivity contribution in [2.24, 2.45) is 5.92 Å². The maximum Gasteiger partial charge on any atom is 0.339 e. The maximum atomic E-state index is 13.2. The van der Waals surface area contributed by atoms with Crippen LogP contribution < -0.4 is 14.8 Å². The van der Waals surface area contributed by atoms with E-state index in [9.17, 15) is 18.0 Å². The molecular weight excluding hydrogens is 472 g/mol. The molecule has 0 aromatic heterocycles. The second kappa shape index (κ2) is 10.4. The van der Waals surface area contributed by atoms with E-state index in [1.165, 1.54) is 37.8 Å². The molecule has 1 amide bonds. The van der Waals surface area contributed by atoms with Gasteiger partial charge in [0.25, 0.3) is 0 Å². The Bertz CT molecular complexity index is 1150. The zero-order valence-electron chi connectivity index (χ0n) is 18.5. The highest BCUT2D eigenvalue weighted by Gasteiger charge is 2.34. The molecule has 2 aromatic rings. The molecule has 0 bridgehead atoms. The zero-order chi connectivity index (χ0) is 24.2. The lowest BCUT2D eigenvalue weighted by atomic mass is 9.97. The number of sulfonamides is 1. The number of nitrogens with one attached hydrogen (secondary N) is 1. The summed E-state index contributed by atoms with van der Waals surface area (Å²) in [7, 11) is 0.193. The first-order chi connectivity index (χ1) is 15.7. The van der Waals surface area contributed by atoms with Gasteiger partial charge in [-0.15, -0.1) is 0 Å². The topological polar surface area (TPSA) is 111 Å². The largest absolute Gasteiger partial charge is 0.495 e. The van der Waals surface area contributed by atoms with Gasteiger partial charge in [0.15, 0.2) is 0 Å². The number of amides is 1. The molecule has 0 atom stereocenters. The smallest absolute Gasteiger partial charge is 0.339 e. The van der Waals surface area contributed by atoms with E-state index in [1.807, 2.05) is 0 Å². The molecule has 0 spiro atoms. The van der Waals surface area contributed by atoms with Crippen molar-refractivity contribution in [3.05, 3.63) is 47.0 Å². The quantitative estimate of drug-likeness (QED) is 0.586. The Labute approximate surface area is 197 Å². The third-order valence-corrected chi connectivity index (χ3v) is 7.72. The molecule has 1 N–H and O–H groups in total. The van der Waals surface area contributed by atoms with Crippen molar-refractivity contribution in [3.63, 3.8) is 0 Å². The van der Waals surface area contributed by atoms with Gasteiger partial charge < -0.3 is 19.5 Å². The van der Waals surface area contributed by atoms with E-state index >= 15 is 0 Å². The standard InChI is InChI=1S/C22H25ClN2O7S/c1-30-18-13-17(19(31-2)12-16(18)23)24-21(26)14-8-10-25(11-9-14)33(28,29)20-7-5-4-6-15(20)22(27)32-3/h4-7,12-14H,8-11H2,1-3H3,(H,24,26). The summed E-state index contributed by atoms with van der Waals surface area (Å²) in [6.45, 7) is 0.272. The predicted octanol–water partition coefficient (Wildman–Crippen LogP) is 3.18. The number of ether oxygens (including phenoxy) is 3. The van der Waals surface area contributed by atoms with Gasteiger partial charge in [-0.25, -0.2) is 13.2 Å². The van der Waals surface area contributed by atoms with Crippen LogP contribution >= 0.6 is 11.6 Å². The first kappa shape index (κ1) is 24.8. The van der Waals surface area contributed by atoms with Gasteiger partial charge in [0.2, 0.25) is 15.9 Å². The van der Waals surface area contributed by atoms with E-state index in [-0.39, 0.29) is 29.5 Å². The number of piperidine rings is 1. The van der Waals surface area contributed by atoms with Crippen molar-refractivity contribution in [2.45, 2.75) is 17.7 Å². The summed E-state index contributed by atoms with van der Waals surface area (Å²) in [6, 6.07) is 9.02. The second-order valence-electron chi connectivity index (χ2n) is 7.34. The molecule has 3 rings (SSSR count). The van der Waals surface area contributed by atoms with E-state index in [2.05, 4.69) is 5.32 Å². The van der Waals surface area contributed by atoms with Crippen LogP contribution in [-0.4, -0.2) is 59.0 Å². The molecule has 2 aromatic carbocycles. The number of carbonyl (C=O) groups is 2. The minimum Gasteiger partial charge on any atom is -0.495 e. The first-order valence-electron chi connectivity index (χ1n) is 10.1. The fourth-order valence-electron chi connectivity index (χ4n) is 3.66. The first-order valence-corrected chi connectivity index (χ1v) is 11.9. The van der Waals surface area contributed by atoms with E-state index in [4.69, 9.17) is 25.8 Å². The van der Waals surface area contributed by atoms with Gasteiger partial charge in [-0.3, -0.25) is 4.79 Å². The summed E-state index contributed by atoms with van der Waals surface area (Å²) in [4.78, 5) is 24.8. The highest BCUT2D eigenvalue weighted by atomic mass is 35.5. The summed E-state index contributed by atoms with van der Waals surface area (Å²) in [5.74, 6) is -0.620. The van der Waals surface area contributed by atoms with Gasteiger partial charge >= 0.3 is 5.97 Å². The van der Waals surface area contributed by atoms with E-state index in [0.717, 1.165) is 0 Å². The third-order valence-electron chi connectivity index (χ3n) is 5.47. The van der Waals surface area contributed by atoms with Gasteiger partial charge in [0, 0.05) is 31.1 Å². The minimum absolute atomic E-state index is 0.0244. The monoisotopic (exact) mass is 496 g/mol. The molecule has 1 saturated heterocycles. The van der Waals surface area contributed by atoms with Crippen molar-refractivity contribution >= 4 is 39.2 Å². The highest BCUT2D eigenvalue weighted by molar-refractivity contribution is 7.89. The molecule has 1 fully saturated rings. The number of hydrogen-bond donors (Lipinski definition) is 1. The van der Waals surface area contributed by atoms with Crippen LogP contribution in [0.3, 0.4) is 0 Å². The van der Waals surface area contributed by atoms with E-state index in [0.29, 0.717) is 35.1 Å². The Kier molecular flexibility index (Phi) is 7.83. The molecule has 0 unspecified atom stereocenters. The number of benzene rings is 2. The summed E-state index contributed by atoms with van der Waals surface area (Å²) < 4.78 is 42.8. The molecule has 11 heteroatoms. The average Bonchev–Trinajstić information content (AvgIpc) is 2.84. The van der Waals surface area contributed by atoms with Gasteiger partial charge in [0.1, 0.15) is 11.5 Å². The van der Waals surface area contributed by atoms with Gasteiger partial charge in [-0.2, -0.15) is 4.31 Å². The molecule has 1 heterocycles. The fourth-order valence-corrected chi connectivity index (χ4v) is 5.54. The minimum atomic E-state index is -3.93. The van der Waals surface area contributed by atoms with Crippen LogP contribution in [0.15, 0.2) is 41.3 Å². The summed E-state index contributed by atoms with van der Waals surface area (Å²) in [5.41, 5.74) is 0.384. The number of carbonyl (C=O) groups excluding carboxylic acids is 2. The van der Waals surface area contributed by atoms with E-state index in [1.54, 1.807) is 24.3 Å². The number of hydrogen-bond acceptors (Lipinski definition) is 7. The van der Waals surface area contributed by atoms with E-state index < -0.39 is 21.9 Å². The van der Waals surface area contributed by atoms with Gasteiger partial charge in [-0.1, -0.05) is 23.7 Å². The lowest BCUT2D eigenvalue weighted by molar-refractivity contribution is -0.120. The maximum absolute atomic E-state index is 13.2. The second-order valence-corrected chi connectivity index (χ2v) is 9.66. The van der Waals surface area contributed by atoms with Crippen LogP contribution in [0.5, 0.6) is 11.5 Å². The summed E-state index contributed by atoms with van der Waals surface area (Å²) in [6.07, 6.45) is 0.636. The fraction of sp³-hybridized carbons (Fsp3) is 0.364. The summed E-state index contributed by atoms with van der Waals surface area (Å²) in [5, 5.41) is 3.16. The van der Waals surface area contributed by atoms with Crippen molar-refractivity contribution < 1.29 is 32.2 Å². The van der Waals surface area contributed by atoms with Crippen LogP contribution in [0.1, 0.15) is 23.2 Å². The Morgan fingerprint density at radius 1 is 1.03 bits per heavy atom. The molecule has 178 valence electrons. The molecule has 9 nitrogen and oxygen atoms in total. The molecule has 33 heavy (non-hydrogen) atoms. The number of rotatable bonds is 7. The molecule has 0 aliphatic carbocycles. The lowest BCUT2D eigenvalue weighted by Crippen LogP contribution is -2.41. The van der Waals surface area contributed by atoms with Gasteiger partial charge in [0.05, 0.1) is 42.5 Å². The van der Waals surface area contributed by atoms with Crippen molar-refractivity contribution in [3.8, 4) is 11.5 Å². The average molecular weight is 497 g/mol. The Morgan fingerprint density at radius 3 is 2.27 bits per heavy atom. The van der Waals surface area contributed by atoms with Crippen molar-refractivity contribution in [1.29, 1.82) is 0 Å². The number of halogens is 1. The van der Waals surface area contributed by atoms with Crippen LogP contribution in [0.2, 0.25) is 5.02 Å². The molecule has 0 saturated carbocycles. The highest BCUT2D eigenvalue weighted by Crippen LogP contribution is 2.36. The number of esters is 1. The molecule has 0 radical (unpaired) electrons. The number of anilines is 1. The molecular formula is C22H25ClN2O7S. The predicted molar refractivity (Wildman–Crippen MR) is 122 cm³/mol. The third kappa shape index (κ3) is 5.23.